The lowest BCUT2D eigenvalue weighted by atomic mass is 9.78. The Morgan fingerprint density at radius 3 is 2.42 bits per heavy atom. The van der Waals surface area contributed by atoms with Crippen LogP contribution in [0, 0.1) is 5.92 Å². The van der Waals surface area contributed by atoms with Crippen LogP contribution >= 0.6 is 0 Å². The molecular formula is C21H24F6N4. The third-order valence-electron chi connectivity index (χ3n) is 6.13. The van der Waals surface area contributed by atoms with Gasteiger partial charge in [-0.1, -0.05) is 6.58 Å². The van der Waals surface area contributed by atoms with E-state index in [2.05, 4.69) is 33.7 Å². The molecule has 31 heavy (non-hydrogen) atoms. The molecule has 2 N–H and O–H groups in total. The van der Waals surface area contributed by atoms with Gasteiger partial charge in [-0.05, 0) is 44.2 Å². The van der Waals surface area contributed by atoms with Crippen molar-refractivity contribution in [3.8, 4) is 0 Å². The van der Waals surface area contributed by atoms with Crippen LogP contribution in [0.3, 0.4) is 0 Å². The van der Waals surface area contributed by atoms with E-state index in [-0.39, 0.29) is 28.9 Å². The van der Waals surface area contributed by atoms with Crippen LogP contribution in [-0.2, 0) is 18.8 Å². The van der Waals surface area contributed by atoms with Crippen LogP contribution in [0.15, 0.2) is 24.4 Å². The highest BCUT2D eigenvalue weighted by Gasteiger charge is 2.39. The first-order valence-corrected chi connectivity index (χ1v) is 10.2. The van der Waals surface area contributed by atoms with Crippen molar-refractivity contribution in [3.05, 3.63) is 41.4 Å². The van der Waals surface area contributed by atoms with Crippen molar-refractivity contribution in [2.45, 2.75) is 50.5 Å². The molecule has 4 rings (SSSR count). The molecular weight excluding hydrogens is 422 g/mol. The SMILES string of the molecule is C=C(CN1CC(Cc2nc3c(C(F)(F)F)cc(C(F)(F)F)cc3[nH]2)C1)NC1(C)CCC1. The molecule has 0 spiro atoms. The van der Waals surface area contributed by atoms with Gasteiger partial charge in [-0.25, -0.2) is 4.98 Å². The summed E-state index contributed by atoms with van der Waals surface area (Å²) in [6.07, 6.45) is -5.97. The molecule has 0 atom stereocenters. The smallest absolute Gasteiger partial charge is 0.383 e. The number of hydrogen-bond donors (Lipinski definition) is 2. The maximum absolute atomic E-state index is 13.3. The number of H-pyrrole nitrogens is 1. The van der Waals surface area contributed by atoms with Gasteiger partial charge in [-0.2, -0.15) is 26.3 Å². The first-order valence-electron chi connectivity index (χ1n) is 10.2. The summed E-state index contributed by atoms with van der Waals surface area (Å²) in [6.45, 7) is 8.40. The Morgan fingerprint density at radius 1 is 1.19 bits per heavy atom. The van der Waals surface area contributed by atoms with Crippen molar-refractivity contribution in [1.29, 1.82) is 0 Å². The maximum Gasteiger partial charge on any atom is 0.418 e. The zero-order valence-electron chi connectivity index (χ0n) is 17.1. The highest BCUT2D eigenvalue weighted by molar-refractivity contribution is 5.80. The fourth-order valence-corrected chi connectivity index (χ4v) is 4.42. The molecule has 0 unspecified atom stereocenters. The van der Waals surface area contributed by atoms with E-state index in [4.69, 9.17) is 0 Å². The molecule has 1 saturated heterocycles. The number of fused-ring (bicyclic) bond motifs is 1. The van der Waals surface area contributed by atoms with Crippen LogP contribution < -0.4 is 5.32 Å². The lowest BCUT2D eigenvalue weighted by Gasteiger charge is -2.44. The van der Waals surface area contributed by atoms with Gasteiger partial charge >= 0.3 is 12.4 Å². The van der Waals surface area contributed by atoms with Crippen molar-refractivity contribution in [3.63, 3.8) is 0 Å². The molecule has 4 nitrogen and oxygen atoms in total. The fourth-order valence-electron chi connectivity index (χ4n) is 4.42. The summed E-state index contributed by atoms with van der Waals surface area (Å²) in [5, 5.41) is 3.46. The van der Waals surface area contributed by atoms with Gasteiger partial charge in [0.1, 0.15) is 11.3 Å². The quantitative estimate of drug-likeness (QED) is 0.606. The Hall–Kier alpha value is -2.23. The molecule has 0 amide bonds. The molecule has 1 saturated carbocycles. The minimum atomic E-state index is -4.93. The van der Waals surface area contributed by atoms with Gasteiger partial charge in [0.2, 0.25) is 0 Å². The van der Waals surface area contributed by atoms with Crippen LogP contribution in [0.1, 0.15) is 43.1 Å². The normalized spacial score (nSPS) is 19.8. The minimum Gasteiger partial charge on any atom is -0.383 e. The molecule has 1 aromatic heterocycles. The summed E-state index contributed by atoms with van der Waals surface area (Å²) in [5.41, 5.74) is -2.37. The first kappa shape index (κ1) is 22.0. The van der Waals surface area contributed by atoms with Crippen LogP contribution in [0.5, 0.6) is 0 Å². The molecule has 2 aromatic rings. The molecule has 2 heterocycles. The summed E-state index contributed by atoms with van der Waals surface area (Å²) in [5.74, 6) is 0.437. The average molecular weight is 446 g/mol. The molecule has 1 aromatic carbocycles. The number of benzene rings is 1. The van der Waals surface area contributed by atoms with Gasteiger partial charge < -0.3 is 10.3 Å². The van der Waals surface area contributed by atoms with Gasteiger partial charge in [-0.3, -0.25) is 4.90 Å². The average Bonchev–Trinajstić information content (AvgIpc) is 2.98. The lowest BCUT2D eigenvalue weighted by Crippen LogP contribution is -2.53. The molecule has 2 aliphatic rings. The van der Waals surface area contributed by atoms with Gasteiger partial charge in [0.05, 0.1) is 16.6 Å². The van der Waals surface area contributed by atoms with Crippen molar-refractivity contribution in [2.24, 2.45) is 5.92 Å². The van der Waals surface area contributed by atoms with E-state index in [1.54, 1.807) is 0 Å². The van der Waals surface area contributed by atoms with Gasteiger partial charge in [0.25, 0.3) is 0 Å². The molecule has 0 radical (unpaired) electrons. The van der Waals surface area contributed by atoms with E-state index in [0.717, 1.165) is 31.6 Å². The number of nitrogens with one attached hydrogen (secondary N) is 2. The second-order valence-corrected chi connectivity index (χ2v) is 9.01. The third kappa shape index (κ3) is 4.68. The molecule has 170 valence electrons. The fraction of sp³-hybridized carbons (Fsp3) is 0.571. The summed E-state index contributed by atoms with van der Waals surface area (Å²) >= 11 is 0. The minimum absolute atomic E-state index is 0.124. The number of nitrogens with zero attached hydrogens (tertiary/aromatic N) is 2. The Kier molecular flexibility index (Phi) is 5.27. The number of hydrogen-bond acceptors (Lipinski definition) is 3. The number of rotatable bonds is 6. The monoisotopic (exact) mass is 446 g/mol. The molecule has 10 heteroatoms. The summed E-state index contributed by atoms with van der Waals surface area (Å²) < 4.78 is 79.0. The Balaban J connectivity index is 1.41. The van der Waals surface area contributed by atoms with Crippen molar-refractivity contribution < 1.29 is 26.3 Å². The zero-order chi connectivity index (χ0) is 22.6. The number of aromatic amines is 1. The molecule has 1 aliphatic carbocycles. The molecule has 0 bridgehead atoms. The standard InChI is InChI=1S/C21H24F6N4/c1-12(30-19(2)4-3-5-19)9-31-10-13(11-31)6-17-28-16-8-14(20(22,23)24)7-15(18(16)29-17)21(25,26)27/h7-8,13,30H,1,3-6,9-11H2,2H3,(H,28,29). The van der Waals surface area contributed by atoms with Crippen molar-refractivity contribution in [2.75, 3.05) is 19.6 Å². The van der Waals surface area contributed by atoms with Gasteiger partial charge in [0.15, 0.2) is 0 Å². The molecule has 1 aliphatic heterocycles. The van der Waals surface area contributed by atoms with E-state index in [0.29, 0.717) is 19.0 Å². The summed E-state index contributed by atoms with van der Waals surface area (Å²) in [6, 6.07) is 0.810. The van der Waals surface area contributed by atoms with Crippen LogP contribution in [0.4, 0.5) is 26.3 Å². The van der Waals surface area contributed by atoms with Crippen molar-refractivity contribution in [1.82, 2.24) is 20.2 Å². The van der Waals surface area contributed by atoms with E-state index < -0.39 is 29.0 Å². The van der Waals surface area contributed by atoms with Gasteiger partial charge in [-0.15, -0.1) is 0 Å². The van der Waals surface area contributed by atoms with Crippen LogP contribution in [-0.4, -0.2) is 40.0 Å². The van der Waals surface area contributed by atoms with Crippen LogP contribution in [0.2, 0.25) is 0 Å². The van der Waals surface area contributed by atoms with E-state index in [1.165, 1.54) is 6.42 Å². The number of imidazole rings is 1. The topological polar surface area (TPSA) is 44.0 Å². The number of likely N-dealkylation sites (tertiary alicyclic amines) is 1. The highest BCUT2D eigenvalue weighted by Crippen LogP contribution is 2.39. The summed E-state index contributed by atoms with van der Waals surface area (Å²) in [7, 11) is 0. The number of halogens is 6. The highest BCUT2D eigenvalue weighted by atomic mass is 19.4. The Bertz CT molecular complexity index is 980. The largest absolute Gasteiger partial charge is 0.418 e. The third-order valence-corrected chi connectivity index (χ3v) is 6.13. The summed E-state index contributed by atoms with van der Waals surface area (Å²) in [4.78, 5) is 8.82. The Morgan fingerprint density at radius 2 is 1.87 bits per heavy atom. The maximum atomic E-state index is 13.3. The number of alkyl halides is 6. The van der Waals surface area contributed by atoms with Crippen molar-refractivity contribution >= 4 is 11.0 Å². The Labute approximate surface area is 175 Å². The van der Waals surface area contributed by atoms with Gasteiger partial charge in [0, 0.05) is 37.3 Å². The second kappa shape index (κ2) is 7.43. The van der Waals surface area contributed by atoms with Crippen LogP contribution in [0.25, 0.3) is 11.0 Å². The predicted molar refractivity (Wildman–Crippen MR) is 104 cm³/mol. The zero-order valence-corrected chi connectivity index (χ0v) is 17.1. The van der Waals surface area contributed by atoms with E-state index in [9.17, 15) is 26.3 Å². The first-order chi connectivity index (χ1) is 14.3. The molecule has 2 fully saturated rings. The number of aromatic nitrogens is 2. The predicted octanol–water partition coefficient (Wildman–Crippen LogP) is 5.12. The van der Waals surface area contributed by atoms with E-state index >= 15 is 0 Å². The lowest BCUT2D eigenvalue weighted by molar-refractivity contribution is -0.142. The second-order valence-electron chi connectivity index (χ2n) is 9.01. The van der Waals surface area contributed by atoms with E-state index in [1.807, 2.05) is 0 Å².